The fraction of sp³-hybridized carbons (Fsp3) is 0.426. The first kappa shape index (κ1) is 31.5. The molecule has 6 aromatic rings. The maximum absolute atomic E-state index is 11.7. The van der Waals surface area contributed by atoms with E-state index < -0.39 is 25.5 Å². The largest absolute Gasteiger partial charge is 0.512 e. The van der Waals surface area contributed by atoms with Crippen LogP contribution in [-0.2, 0) is 36.7 Å². The molecule has 1 radical (unpaired) electrons. The number of benzene rings is 4. The second-order valence-electron chi connectivity index (χ2n) is 14.9. The fourth-order valence-corrected chi connectivity index (χ4v) is 6.93. The van der Waals surface area contributed by atoms with Crippen LogP contribution in [0.25, 0.3) is 54.9 Å². The van der Waals surface area contributed by atoms with Gasteiger partial charge < -0.3 is 9.52 Å². The quantitative estimate of drug-likeness (QED) is 0.0842. The summed E-state index contributed by atoms with van der Waals surface area (Å²) in [7, 11) is 0. The summed E-state index contributed by atoms with van der Waals surface area (Å²) in [6, 6.07) is 19.4. The average molecular weight is 898 g/mol. The van der Waals surface area contributed by atoms with Crippen LogP contribution in [0, 0.1) is 37.5 Å². The Morgan fingerprint density at radius 2 is 1.60 bits per heavy atom. The molecule has 0 aliphatic carbocycles. The zero-order valence-electron chi connectivity index (χ0n) is 40.3. The van der Waals surface area contributed by atoms with Crippen molar-refractivity contribution in [3.8, 4) is 11.3 Å². The molecule has 0 aliphatic heterocycles. The van der Waals surface area contributed by atoms with Crippen molar-refractivity contribution in [1.29, 1.82) is 0 Å². The van der Waals surface area contributed by atoms with Crippen molar-refractivity contribution >= 4 is 49.4 Å². The molecule has 0 amide bonds. The Balaban J connectivity index is 0.000000439. The Morgan fingerprint density at radius 1 is 0.906 bits per heavy atom. The van der Waals surface area contributed by atoms with E-state index in [4.69, 9.17) is 15.4 Å². The van der Waals surface area contributed by atoms with Crippen molar-refractivity contribution in [1.82, 2.24) is 9.97 Å². The second kappa shape index (κ2) is 17.5. The first-order valence-corrected chi connectivity index (χ1v) is 18.5. The number of aromatic nitrogens is 2. The van der Waals surface area contributed by atoms with Gasteiger partial charge in [0, 0.05) is 70.8 Å². The molecule has 0 bridgehead atoms. The van der Waals surface area contributed by atoms with E-state index in [1.54, 1.807) is 30.3 Å². The molecule has 0 unspecified atom stereocenters. The number of aryl methyl sites for hydroxylation is 2. The van der Waals surface area contributed by atoms with Gasteiger partial charge in [-0.25, -0.2) is 0 Å². The Bertz CT molecular complexity index is 2560. The van der Waals surface area contributed by atoms with Crippen LogP contribution in [0.3, 0.4) is 0 Å². The zero-order valence-corrected chi connectivity index (χ0v) is 34.7. The van der Waals surface area contributed by atoms with Crippen molar-refractivity contribution in [3.05, 3.63) is 95.0 Å². The van der Waals surface area contributed by atoms with Gasteiger partial charge in [0.15, 0.2) is 5.78 Å². The number of fused-ring (bicyclic) bond motifs is 6. The van der Waals surface area contributed by atoms with Crippen LogP contribution in [0.1, 0.15) is 121 Å². The molecular formula is C47H57IrN2O3-. The van der Waals surface area contributed by atoms with Crippen molar-refractivity contribution < 1.29 is 45.4 Å². The SMILES string of the molecule is CCC(CC)C(=O)/C=C(\O)C(CC)CC.[2H]C([2H])([2H])c1ccc2[c-]c(-c3nc(C([2H])([2H])[2H])nc4oc5c6cccc(C([2H])([2H])C(C)C)c6ccc5c34)cc(C(C)(C)C)c2c1.[Ir]. The van der Waals surface area contributed by atoms with Crippen molar-refractivity contribution in [2.75, 3.05) is 0 Å². The van der Waals surface area contributed by atoms with Crippen molar-refractivity contribution in [2.24, 2.45) is 17.8 Å². The summed E-state index contributed by atoms with van der Waals surface area (Å²) in [5.74, 6) is -0.0926. The summed E-state index contributed by atoms with van der Waals surface area (Å²) in [6.45, 7) is 12.9. The van der Waals surface area contributed by atoms with Crippen LogP contribution in [-0.4, -0.2) is 20.9 Å². The van der Waals surface area contributed by atoms with E-state index in [1.165, 1.54) is 6.08 Å². The molecule has 1 N–H and O–H groups in total. The van der Waals surface area contributed by atoms with E-state index in [2.05, 4.69) is 16.0 Å². The normalized spacial score (nSPS) is 15.3. The standard InChI is InChI=1S/C34H33N2O.C13H24O2.Ir/c1-19(2)15-22-9-8-10-26-25(22)13-14-27-30-31(35-21(4)36-33(30)37-32(26)27)24-17-23-12-11-20(3)16-28(23)29(18-24)34(5,6)7;1-5-10(6-2)12(14)9-13(15)11(7-3)8-4;/h8-14,16,18-19H,15H2,1-7H3;9-11,14H,5-8H2,1-4H3;/q-1;;/b;12-9-;/i3D3,4D3,15D2;;. The number of carbonyl (C=O) groups is 1. The number of carbonyl (C=O) groups excluding carboxylic acids is 1. The maximum atomic E-state index is 11.7. The molecule has 0 atom stereocenters. The number of allylic oxidation sites excluding steroid dienone is 2. The van der Waals surface area contributed by atoms with Gasteiger partial charge >= 0.3 is 0 Å². The molecule has 0 spiro atoms. The Labute approximate surface area is 341 Å². The molecule has 0 aliphatic rings. The predicted molar refractivity (Wildman–Crippen MR) is 219 cm³/mol. The van der Waals surface area contributed by atoms with Gasteiger partial charge in [-0.1, -0.05) is 121 Å². The zero-order chi connectivity index (χ0) is 44.7. The first-order chi connectivity index (χ1) is 27.9. The molecule has 0 saturated carbocycles. The maximum Gasteiger partial charge on any atom is 0.223 e. The molecular weight excluding hydrogens is 833 g/mol. The van der Waals surface area contributed by atoms with Gasteiger partial charge in [-0.15, -0.1) is 29.1 Å². The van der Waals surface area contributed by atoms with Crippen molar-refractivity contribution in [3.63, 3.8) is 0 Å². The van der Waals surface area contributed by atoms with E-state index in [9.17, 15) is 9.90 Å². The molecule has 6 heteroatoms. The Kier molecular flexibility index (Phi) is 10.4. The van der Waals surface area contributed by atoms with Gasteiger partial charge in [0.2, 0.25) is 5.71 Å². The minimum atomic E-state index is -2.62. The Morgan fingerprint density at radius 3 is 2.23 bits per heavy atom. The minimum absolute atomic E-state index is 0. The molecule has 2 aromatic heterocycles. The van der Waals surface area contributed by atoms with Crippen LogP contribution in [0.15, 0.2) is 70.8 Å². The van der Waals surface area contributed by atoms with Gasteiger partial charge in [0.05, 0.1) is 5.76 Å². The van der Waals surface area contributed by atoms with Crippen LogP contribution < -0.4 is 0 Å². The fourth-order valence-electron chi connectivity index (χ4n) is 6.93. The monoisotopic (exact) mass is 898 g/mol. The first-order valence-electron chi connectivity index (χ1n) is 22.5. The third-order valence-electron chi connectivity index (χ3n) is 9.81. The molecule has 0 fully saturated rings. The van der Waals surface area contributed by atoms with Gasteiger partial charge in [-0.05, 0) is 68.0 Å². The topological polar surface area (TPSA) is 76.2 Å². The number of hydrogen-bond acceptors (Lipinski definition) is 5. The van der Waals surface area contributed by atoms with E-state index in [-0.39, 0.29) is 66.5 Å². The number of aliphatic hydroxyl groups excluding tert-OH is 1. The number of hydrogen-bond donors (Lipinski definition) is 1. The van der Waals surface area contributed by atoms with Gasteiger partial charge in [-0.2, -0.15) is 4.98 Å². The van der Waals surface area contributed by atoms with Crippen LogP contribution in [0.5, 0.6) is 0 Å². The van der Waals surface area contributed by atoms with E-state index in [0.717, 1.165) is 36.6 Å². The summed E-state index contributed by atoms with van der Waals surface area (Å²) in [5, 5.41) is 13.7. The molecule has 6 rings (SSSR count). The summed E-state index contributed by atoms with van der Waals surface area (Å²) in [5.41, 5.74) is 2.65. The van der Waals surface area contributed by atoms with Gasteiger partial charge in [0.25, 0.3) is 0 Å². The second-order valence-corrected chi connectivity index (χ2v) is 14.9. The summed E-state index contributed by atoms with van der Waals surface area (Å²) < 4.78 is 72.0. The molecule has 5 nitrogen and oxygen atoms in total. The average Bonchev–Trinajstić information content (AvgIpc) is 3.56. The third kappa shape index (κ3) is 9.10. The molecule has 4 aromatic carbocycles. The van der Waals surface area contributed by atoms with Gasteiger partial charge in [-0.3, -0.25) is 9.78 Å². The Hall–Kier alpha value is -3.86. The minimum Gasteiger partial charge on any atom is -0.512 e. The van der Waals surface area contributed by atoms with Crippen LogP contribution in [0.2, 0.25) is 0 Å². The molecule has 2 heterocycles. The van der Waals surface area contributed by atoms with E-state index in [1.807, 2.05) is 86.6 Å². The predicted octanol–water partition coefficient (Wildman–Crippen LogP) is 13.1. The number of rotatable bonds is 10. The number of aliphatic hydroxyl groups is 1. The smallest absolute Gasteiger partial charge is 0.223 e. The van der Waals surface area contributed by atoms with Crippen LogP contribution >= 0.6 is 0 Å². The summed E-state index contributed by atoms with van der Waals surface area (Å²) in [6.07, 6.45) is 3.31. The number of furan rings is 1. The molecule has 283 valence electrons. The molecule has 53 heavy (non-hydrogen) atoms. The number of ketones is 1. The van der Waals surface area contributed by atoms with E-state index in [0.29, 0.717) is 49.3 Å². The van der Waals surface area contributed by atoms with Gasteiger partial charge in [0.1, 0.15) is 11.4 Å². The third-order valence-corrected chi connectivity index (χ3v) is 9.81. The summed E-state index contributed by atoms with van der Waals surface area (Å²) >= 11 is 0. The summed E-state index contributed by atoms with van der Waals surface area (Å²) in [4.78, 5) is 20.7. The number of nitrogens with zero attached hydrogens (tertiary/aromatic N) is 2. The van der Waals surface area contributed by atoms with Crippen molar-refractivity contribution in [2.45, 2.75) is 113 Å². The molecule has 0 saturated heterocycles. The van der Waals surface area contributed by atoms with Crippen LogP contribution in [0.4, 0.5) is 0 Å². The van der Waals surface area contributed by atoms with E-state index >= 15 is 0 Å².